The van der Waals surface area contributed by atoms with Crippen LogP contribution in [0.1, 0.15) is 11.4 Å². The first kappa shape index (κ1) is 9.98. The molecule has 0 aliphatic rings. The molecule has 2 aromatic rings. The average Bonchev–Trinajstić information content (AvgIpc) is 2.16. The van der Waals surface area contributed by atoms with E-state index in [4.69, 9.17) is 12.2 Å². The maximum Gasteiger partial charge on any atom is 0.138 e. The van der Waals surface area contributed by atoms with Crippen LogP contribution in [-0.4, -0.2) is 15.0 Å². The number of nitrogens with one attached hydrogen (secondary N) is 1. The molecule has 0 bridgehead atoms. The Balaban J connectivity index is 2.58. The maximum absolute atomic E-state index is 5.05. The summed E-state index contributed by atoms with van der Waals surface area (Å²) < 4.78 is 0.687. The van der Waals surface area contributed by atoms with Gasteiger partial charge in [0, 0.05) is 23.1 Å². The number of aromatic nitrogens is 3. The Bertz CT molecular complexity index is 525. The minimum Gasteiger partial charge on any atom is -0.331 e. The topological polar surface area (TPSA) is 41.6 Å². The van der Waals surface area contributed by atoms with Crippen LogP contribution in [0.2, 0.25) is 0 Å². The van der Waals surface area contributed by atoms with Gasteiger partial charge in [-0.05, 0) is 32.0 Å². The van der Waals surface area contributed by atoms with Crippen molar-refractivity contribution >= 4 is 12.2 Å². The molecule has 0 spiro atoms. The van der Waals surface area contributed by atoms with Crippen LogP contribution in [0.25, 0.3) is 11.4 Å². The van der Waals surface area contributed by atoms with E-state index in [0.29, 0.717) is 4.64 Å². The first-order chi connectivity index (χ1) is 7.15. The van der Waals surface area contributed by atoms with E-state index in [2.05, 4.69) is 15.0 Å². The number of nitrogens with zero attached hydrogens (tertiary/aromatic N) is 2. The summed E-state index contributed by atoms with van der Waals surface area (Å²) in [7, 11) is 0. The van der Waals surface area contributed by atoms with Crippen LogP contribution in [0.5, 0.6) is 0 Å². The van der Waals surface area contributed by atoms with Crippen LogP contribution in [-0.2, 0) is 0 Å². The summed E-state index contributed by atoms with van der Waals surface area (Å²) in [5.74, 6) is 0.788. The van der Waals surface area contributed by atoms with Crippen molar-refractivity contribution in [3.05, 3.63) is 40.4 Å². The molecule has 0 saturated heterocycles. The number of H-pyrrole nitrogens is 1. The highest BCUT2D eigenvalue weighted by Crippen LogP contribution is 2.15. The van der Waals surface area contributed by atoms with E-state index in [9.17, 15) is 0 Å². The molecule has 0 fully saturated rings. The van der Waals surface area contributed by atoms with Gasteiger partial charge in [0.1, 0.15) is 10.5 Å². The number of hydrogen-bond donors (Lipinski definition) is 1. The largest absolute Gasteiger partial charge is 0.331 e. The SMILES string of the molecule is Cc1cc(-c2nccc(=S)[nH]2)cc(C)n1. The van der Waals surface area contributed by atoms with E-state index < -0.39 is 0 Å². The Morgan fingerprint density at radius 3 is 2.47 bits per heavy atom. The molecule has 0 aliphatic carbocycles. The van der Waals surface area contributed by atoms with Crippen molar-refractivity contribution in [1.82, 2.24) is 15.0 Å². The van der Waals surface area contributed by atoms with Crippen LogP contribution in [0.4, 0.5) is 0 Å². The molecule has 0 radical (unpaired) electrons. The molecule has 2 aromatic heterocycles. The fraction of sp³-hybridized carbons (Fsp3) is 0.182. The van der Waals surface area contributed by atoms with Gasteiger partial charge in [-0.15, -0.1) is 0 Å². The number of hydrogen-bond acceptors (Lipinski definition) is 3. The fourth-order valence-corrected chi connectivity index (χ4v) is 1.65. The monoisotopic (exact) mass is 217 g/mol. The van der Waals surface area contributed by atoms with Crippen molar-refractivity contribution < 1.29 is 0 Å². The first-order valence-corrected chi connectivity index (χ1v) is 5.07. The molecule has 0 atom stereocenters. The summed E-state index contributed by atoms with van der Waals surface area (Å²) >= 11 is 5.05. The first-order valence-electron chi connectivity index (χ1n) is 4.66. The van der Waals surface area contributed by atoms with Gasteiger partial charge in [0.2, 0.25) is 0 Å². The van der Waals surface area contributed by atoms with Gasteiger partial charge < -0.3 is 4.98 Å². The molecule has 0 unspecified atom stereocenters. The Kier molecular flexibility index (Phi) is 2.60. The zero-order chi connectivity index (χ0) is 10.8. The third-order valence-electron chi connectivity index (χ3n) is 2.03. The van der Waals surface area contributed by atoms with Crippen LogP contribution in [0, 0.1) is 18.5 Å². The van der Waals surface area contributed by atoms with Gasteiger partial charge in [0.05, 0.1) is 0 Å². The summed E-state index contributed by atoms with van der Waals surface area (Å²) in [6, 6.07) is 5.74. The Hall–Kier alpha value is -1.55. The molecular formula is C11H11N3S. The minimum absolute atomic E-state index is 0.687. The molecule has 0 saturated carbocycles. The van der Waals surface area contributed by atoms with Crippen molar-refractivity contribution in [3.8, 4) is 11.4 Å². The van der Waals surface area contributed by atoms with Gasteiger partial charge in [0.15, 0.2) is 0 Å². The minimum atomic E-state index is 0.687. The zero-order valence-electron chi connectivity index (χ0n) is 8.61. The van der Waals surface area contributed by atoms with E-state index in [1.807, 2.05) is 26.0 Å². The molecule has 2 heterocycles. The molecule has 3 nitrogen and oxygen atoms in total. The van der Waals surface area contributed by atoms with Crippen molar-refractivity contribution in [2.24, 2.45) is 0 Å². The van der Waals surface area contributed by atoms with E-state index >= 15 is 0 Å². The lowest BCUT2D eigenvalue weighted by Crippen LogP contribution is -1.92. The van der Waals surface area contributed by atoms with E-state index in [1.165, 1.54) is 0 Å². The summed E-state index contributed by atoms with van der Waals surface area (Å²) in [6.07, 6.45) is 1.71. The number of pyridine rings is 1. The van der Waals surface area contributed by atoms with Crippen molar-refractivity contribution in [2.75, 3.05) is 0 Å². The molecule has 15 heavy (non-hydrogen) atoms. The predicted octanol–water partition coefficient (Wildman–Crippen LogP) is 2.82. The van der Waals surface area contributed by atoms with Gasteiger partial charge >= 0.3 is 0 Å². The molecule has 76 valence electrons. The van der Waals surface area contributed by atoms with E-state index in [-0.39, 0.29) is 0 Å². The summed E-state index contributed by atoms with van der Waals surface area (Å²) in [5, 5.41) is 0. The zero-order valence-corrected chi connectivity index (χ0v) is 9.43. The van der Waals surface area contributed by atoms with Crippen molar-refractivity contribution in [3.63, 3.8) is 0 Å². The van der Waals surface area contributed by atoms with E-state index in [0.717, 1.165) is 22.8 Å². The molecule has 0 amide bonds. The second-order valence-corrected chi connectivity index (χ2v) is 3.86. The number of aryl methyl sites for hydroxylation is 2. The Morgan fingerprint density at radius 1 is 1.20 bits per heavy atom. The summed E-state index contributed by atoms with van der Waals surface area (Å²) in [5.41, 5.74) is 2.98. The molecule has 4 heteroatoms. The summed E-state index contributed by atoms with van der Waals surface area (Å²) in [6.45, 7) is 3.93. The van der Waals surface area contributed by atoms with Crippen LogP contribution in [0.15, 0.2) is 24.4 Å². The normalized spacial score (nSPS) is 10.3. The second kappa shape index (κ2) is 3.90. The lowest BCUT2D eigenvalue weighted by Gasteiger charge is -2.03. The van der Waals surface area contributed by atoms with Crippen LogP contribution >= 0.6 is 12.2 Å². The molecule has 0 aromatic carbocycles. The quantitative estimate of drug-likeness (QED) is 0.747. The van der Waals surface area contributed by atoms with Gasteiger partial charge in [0.25, 0.3) is 0 Å². The third kappa shape index (κ3) is 2.27. The average molecular weight is 217 g/mol. The van der Waals surface area contributed by atoms with Gasteiger partial charge in [-0.25, -0.2) is 4.98 Å². The van der Waals surface area contributed by atoms with Gasteiger partial charge in [-0.2, -0.15) is 0 Å². The standard InChI is InChI=1S/C11H11N3S/c1-7-5-9(6-8(2)13-7)11-12-4-3-10(15)14-11/h3-6H,1-2H3,(H,12,14,15). The Labute approximate surface area is 93.2 Å². The second-order valence-electron chi connectivity index (χ2n) is 3.42. The highest BCUT2D eigenvalue weighted by Gasteiger charge is 2.01. The molecule has 2 rings (SSSR count). The highest BCUT2D eigenvalue weighted by molar-refractivity contribution is 7.71. The lowest BCUT2D eigenvalue weighted by atomic mass is 10.2. The maximum atomic E-state index is 5.05. The lowest BCUT2D eigenvalue weighted by molar-refractivity contribution is 1.10. The molecular weight excluding hydrogens is 206 g/mol. The van der Waals surface area contributed by atoms with Crippen LogP contribution < -0.4 is 0 Å². The van der Waals surface area contributed by atoms with Gasteiger partial charge in [-0.3, -0.25) is 4.98 Å². The fourth-order valence-electron chi connectivity index (χ4n) is 1.49. The van der Waals surface area contributed by atoms with E-state index in [1.54, 1.807) is 12.3 Å². The van der Waals surface area contributed by atoms with Crippen LogP contribution in [0.3, 0.4) is 0 Å². The van der Waals surface area contributed by atoms with Gasteiger partial charge in [-0.1, -0.05) is 12.2 Å². The predicted molar refractivity (Wildman–Crippen MR) is 62.1 cm³/mol. The summed E-state index contributed by atoms with van der Waals surface area (Å²) in [4.78, 5) is 11.6. The molecule has 1 N–H and O–H groups in total. The highest BCUT2D eigenvalue weighted by atomic mass is 32.1. The molecule has 0 aliphatic heterocycles. The number of aromatic amines is 1. The third-order valence-corrected chi connectivity index (χ3v) is 2.26. The smallest absolute Gasteiger partial charge is 0.138 e. The number of rotatable bonds is 1. The Morgan fingerprint density at radius 2 is 1.87 bits per heavy atom. The van der Waals surface area contributed by atoms with Crippen molar-refractivity contribution in [2.45, 2.75) is 13.8 Å². The van der Waals surface area contributed by atoms with Crippen molar-refractivity contribution in [1.29, 1.82) is 0 Å².